The van der Waals surface area contributed by atoms with Crippen molar-refractivity contribution in [3.05, 3.63) is 0 Å². The lowest BCUT2D eigenvalue weighted by Gasteiger charge is -1.92. The molecule has 0 saturated carbocycles. The minimum Gasteiger partial charge on any atom is -0.481 e. The van der Waals surface area contributed by atoms with Gasteiger partial charge in [-0.25, -0.2) is 0 Å². The van der Waals surface area contributed by atoms with Crippen molar-refractivity contribution in [2.24, 2.45) is 0 Å². The van der Waals surface area contributed by atoms with Crippen molar-refractivity contribution in [2.45, 2.75) is 103 Å². The van der Waals surface area contributed by atoms with Crippen LogP contribution in [0.3, 0.4) is 0 Å². The molecule has 0 bridgehead atoms. The summed E-state index contributed by atoms with van der Waals surface area (Å²) < 4.78 is 0. The quantitative estimate of drug-likeness (QED) is 0.125. The Bertz CT molecular complexity index is 457. The molecule has 36 heavy (non-hydrogen) atoms. The summed E-state index contributed by atoms with van der Waals surface area (Å²) >= 11 is 0. The summed E-state index contributed by atoms with van der Waals surface area (Å²) in [5.41, 5.74) is 0. The van der Waals surface area contributed by atoms with Crippen LogP contribution < -0.4 is 0 Å². The zero-order valence-corrected chi connectivity index (χ0v) is 26.0. The van der Waals surface area contributed by atoms with E-state index in [-0.39, 0.29) is 38.5 Å². The van der Waals surface area contributed by atoms with Crippen LogP contribution in [-0.4, -0.2) is 86.9 Å². The zero-order valence-electron chi connectivity index (χ0n) is 22.0. The SMILES string of the molecule is CC[SiH3].CC[SiH3].O=C(O)CCCCC(=O)O.O=C(O)CCCCC(=O)O.O=C(O)CCCCC(=O)O. The summed E-state index contributed by atoms with van der Waals surface area (Å²) in [6.07, 6.45) is 3.05. The first-order valence-electron chi connectivity index (χ1n) is 12.0. The second-order valence-electron chi connectivity index (χ2n) is 7.40. The number of hydrogen-bond acceptors (Lipinski definition) is 6. The van der Waals surface area contributed by atoms with Crippen molar-refractivity contribution in [1.29, 1.82) is 0 Å². The molecule has 0 amide bonds. The average molecular weight is 559 g/mol. The third kappa shape index (κ3) is 85.9. The highest BCUT2D eigenvalue weighted by molar-refractivity contribution is 6.08. The second-order valence-corrected chi connectivity index (χ2v) is 10.2. The van der Waals surface area contributed by atoms with Gasteiger partial charge in [0.05, 0.1) is 0 Å². The molecule has 0 aliphatic heterocycles. The molecule has 0 unspecified atom stereocenters. The Morgan fingerprint density at radius 2 is 0.472 bits per heavy atom. The minimum atomic E-state index is -0.870. The monoisotopic (exact) mass is 558 g/mol. The first-order chi connectivity index (χ1) is 16.7. The minimum absolute atomic E-state index is 0.0628. The first kappa shape index (κ1) is 43.3. The number of carboxylic acids is 6. The highest BCUT2D eigenvalue weighted by atomic mass is 28.1. The Morgan fingerprint density at radius 3 is 0.528 bits per heavy atom. The normalized spacial score (nSPS) is 8.83. The van der Waals surface area contributed by atoms with E-state index in [0.29, 0.717) is 38.5 Å². The van der Waals surface area contributed by atoms with E-state index in [1.165, 1.54) is 32.6 Å². The van der Waals surface area contributed by atoms with Crippen molar-refractivity contribution >= 4 is 56.3 Å². The van der Waals surface area contributed by atoms with Gasteiger partial charge < -0.3 is 30.6 Å². The maximum Gasteiger partial charge on any atom is 0.303 e. The smallest absolute Gasteiger partial charge is 0.303 e. The fourth-order valence-electron chi connectivity index (χ4n) is 1.66. The highest BCUT2D eigenvalue weighted by Gasteiger charge is 2.00. The summed E-state index contributed by atoms with van der Waals surface area (Å²) in [6.45, 7) is 4.37. The van der Waals surface area contributed by atoms with Crippen molar-refractivity contribution in [3.63, 3.8) is 0 Å². The molecule has 0 aliphatic rings. The van der Waals surface area contributed by atoms with Crippen LogP contribution in [0.2, 0.25) is 12.1 Å². The second kappa shape index (κ2) is 36.8. The molecule has 6 N–H and O–H groups in total. The topological polar surface area (TPSA) is 224 Å². The molecule has 12 nitrogen and oxygen atoms in total. The molecule has 0 rings (SSSR count). The van der Waals surface area contributed by atoms with Crippen molar-refractivity contribution in [1.82, 2.24) is 0 Å². The van der Waals surface area contributed by atoms with Crippen LogP contribution in [0, 0.1) is 0 Å². The third-order valence-electron chi connectivity index (χ3n) is 3.09. The molecule has 0 spiro atoms. The van der Waals surface area contributed by atoms with Gasteiger partial charge in [-0.3, -0.25) is 28.8 Å². The summed E-state index contributed by atoms with van der Waals surface area (Å²) in [5.74, 6) is -5.22. The summed E-state index contributed by atoms with van der Waals surface area (Å²) in [4.78, 5) is 59.4. The number of unbranched alkanes of at least 4 members (excludes halogenated alkanes) is 3. The van der Waals surface area contributed by atoms with Crippen molar-refractivity contribution in [2.75, 3.05) is 0 Å². The van der Waals surface area contributed by atoms with Crippen LogP contribution in [0.1, 0.15) is 90.9 Å². The van der Waals surface area contributed by atoms with E-state index in [9.17, 15) is 28.8 Å². The maximum atomic E-state index is 9.90. The van der Waals surface area contributed by atoms with Gasteiger partial charge in [0.25, 0.3) is 0 Å². The van der Waals surface area contributed by atoms with E-state index in [4.69, 9.17) is 30.6 Å². The Labute approximate surface area is 219 Å². The molecule has 0 aliphatic carbocycles. The van der Waals surface area contributed by atoms with Gasteiger partial charge in [0.15, 0.2) is 0 Å². The molecular formula is C22H46O12Si2. The van der Waals surface area contributed by atoms with Gasteiger partial charge in [0, 0.05) is 59.0 Å². The van der Waals surface area contributed by atoms with Gasteiger partial charge in [0.2, 0.25) is 0 Å². The molecule has 0 heterocycles. The van der Waals surface area contributed by atoms with Crippen LogP contribution in [0.4, 0.5) is 0 Å². The average Bonchev–Trinajstić information content (AvgIpc) is 2.73. The van der Waals surface area contributed by atoms with Crippen molar-refractivity contribution in [3.8, 4) is 0 Å². The molecule has 0 aromatic carbocycles. The number of aliphatic carboxylic acids is 6. The number of hydrogen-bond donors (Lipinski definition) is 6. The fraction of sp³-hybridized carbons (Fsp3) is 0.727. The Hall–Kier alpha value is -2.75. The van der Waals surface area contributed by atoms with Crippen LogP contribution >= 0.6 is 0 Å². The molecule has 0 atom stereocenters. The number of carboxylic acid groups (broad SMARTS) is 6. The third-order valence-corrected chi connectivity index (χ3v) is 3.09. The van der Waals surface area contributed by atoms with Gasteiger partial charge in [0.1, 0.15) is 0 Å². The largest absolute Gasteiger partial charge is 0.481 e. The van der Waals surface area contributed by atoms with Gasteiger partial charge >= 0.3 is 35.8 Å². The standard InChI is InChI=1S/3C6H10O4.2C2H8Si/c3*7-5(8)3-1-2-4-6(9)10;2*1-2-3/h3*1-4H2,(H,7,8)(H,9,10);2*2H2,1,3H3. The first-order valence-corrected chi connectivity index (χ1v) is 14.8. The molecule has 0 fully saturated rings. The molecule has 0 aromatic rings. The highest BCUT2D eigenvalue weighted by Crippen LogP contribution is 2.00. The van der Waals surface area contributed by atoms with Gasteiger partial charge in [-0.05, 0) is 38.5 Å². The summed E-state index contributed by atoms with van der Waals surface area (Å²) in [5, 5.41) is 48.8. The number of rotatable bonds is 15. The lowest BCUT2D eigenvalue weighted by Crippen LogP contribution is -1.97. The van der Waals surface area contributed by atoms with Crippen LogP contribution in [-0.2, 0) is 28.8 Å². The molecule has 214 valence electrons. The Balaban J connectivity index is -0.000000120. The van der Waals surface area contributed by atoms with E-state index in [0.717, 1.165) is 0 Å². The van der Waals surface area contributed by atoms with Gasteiger partial charge in [-0.2, -0.15) is 0 Å². The van der Waals surface area contributed by atoms with E-state index in [1.807, 2.05) is 0 Å². The van der Waals surface area contributed by atoms with Crippen molar-refractivity contribution < 1.29 is 59.4 Å². The lowest BCUT2D eigenvalue weighted by molar-refractivity contribution is -0.139. The predicted octanol–water partition coefficient (Wildman–Crippen LogP) is 1.73. The maximum absolute atomic E-state index is 9.90. The van der Waals surface area contributed by atoms with Gasteiger partial charge in [-0.15, -0.1) is 0 Å². The van der Waals surface area contributed by atoms with Crippen LogP contribution in [0.25, 0.3) is 0 Å². The molecule has 0 saturated heterocycles. The number of carbonyl (C=O) groups is 6. The van der Waals surface area contributed by atoms with E-state index in [1.54, 1.807) is 0 Å². The lowest BCUT2D eigenvalue weighted by atomic mass is 10.2. The summed E-state index contributed by atoms with van der Waals surface area (Å²) in [6, 6.07) is 2.78. The summed E-state index contributed by atoms with van der Waals surface area (Å²) in [7, 11) is 2.74. The molecule has 14 heteroatoms. The Morgan fingerprint density at radius 1 is 0.389 bits per heavy atom. The van der Waals surface area contributed by atoms with E-state index < -0.39 is 35.8 Å². The molecule has 0 aromatic heterocycles. The van der Waals surface area contributed by atoms with Gasteiger partial charge in [-0.1, -0.05) is 25.9 Å². The van der Waals surface area contributed by atoms with Crippen LogP contribution in [0.5, 0.6) is 0 Å². The molecular weight excluding hydrogens is 512 g/mol. The Kier molecular flexibility index (Phi) is 44.3. The fourth-order valence-corrected chi connectivity index (χ4v) is 1.66. The predicted molar refractivity (Wildman–Crippen MR) is 142 cm³/mol. The molecule has 0 radical (unpaired) electrons. The van der Waals surface area contributed by atoms with E-state index >= 15 is 0 Å². The zero-order chi connectivity index (χ0) is 29.4. The van der Waals surface area contributed by atoms with Crippen LogP contribution in [0.15, 0.2) is 0 Å². The van der Waals surface area contributed by atoms with E-state index in [2.05, 4.69) is 13.8 Å².